The van der Waals surface area contributed by atoms with Crippen LogP contribution in [0, 0.1) is 5.82 Å². The molecule has 1 atom stereocenters. The summed E-state index contributed by atoms with van der Waals surface area (Å²) in [5, 5.41) is 11.5. The highest BCUT2D eigenvalue weighted by atomic mass is 32.2. The second kappa shape index (κ2) is 5.55. The van der Waals surface area contributed by atoms with E-state index in [1.165, 1.54) is 6.26 Å². The molecule has 1 heterocycles. The van der Waals surface area contributed by atoms with Crippen molar-refractivity contribution in [3.63, 3.8) is 0 Å². The van der Waals surface area contributed by atoms with Crippen molar-refractivity contribution in [2.75, 3.05) is 23.9 Å². The number of nitrogens with zero attached hydrogens (tertiary/aromatic N) is 1. The van der Waals surface area contributed by atoms with Gasteiger partial charge in [0.1, 0.15) is 17.2 Å². The van der Waals surface area contributed by atoms with Crippen molar-refractivity contribution >= 4 is 22.6 Å². The number of aromatic carboxylic acids is 1. The topological polar surface area (TPSA) is 79.3 Å². The van der Waals surface area contributed by atoms with Crippen molar-refractivity contribution < 1.29 is 18.5 Å². The van der Waals surface area contributed by atoms with E-state index in [9.17, 15) is 13.4 Å². The maximum atomic E-state index is 12.8. The van der Waals surface area contributed by atoms with E-state index in [1.807, 2.05) is 0 Å². The molecule has 1 aromatic rings. The molecule has 16 heavy (non-hydrogen) atoms. The van der Waals surface area contributed by atoms with Gasteiger partial charge in [-0.25, -0.2) is 14.2 Å². The number of halogens is 1. The van der Waals surface area contributed by atoms with E-state index in [2.05, 4.69) is 10.3 Å². The molecule has 0 spiro atoms. The van der Waals surface area contributed by atoms with Gasteiger partial charge in [0.05, 0.1) is 6.20 Å². The summed E-state index contributed by atoms with van der Waals surface area (Å²) < 4.78 is 23.5. The third kappa shape index (κ3) is 3.58. The lowest BCUT2D eigenvalue weighted by atomic mass is 10.2. The molecule has 1 rings (SSSR count). The minimum Gasteiger partial charge on any atom is -0.478 e. The van der Waals surface area contributed by atoms with Gasteiger partial charge < -0.3 is 10.4 Å². The zero-order valence-electron chi connectivity index (χ0n) is 8.57. The second-order valence-corrected chi connectivity index (χ2v) is 4.61. The highest BCUT2D eigenvalue weighted by Gasteiger charge is 2.12. The Morgan fingerprint density at radius 3 is 2.94 bits per heavy atom. The Hall–Kier alpha value is -1.50. The van der Waals surface area contributed by atoms with E-state index in [0.717, 1.165) is 12.3 Å². The lowest BCUT2D eigenvalue weighted by Crippen LogP contribution is -2.14. The van der Waals surface area contributed by atoms with Crippen LogP contribution in [-0.4, -0.2) is 38.8 Å². The normalized spacial score (nSPS) is 12.1. The summed E-state index contributed by atoms with van der Waals surface area (Å²) in [6.45, 7) is 0.321. The lowest BCUT2D eigenvalue weighted by Gasteiger charge is -2.07. The van der Waals surface area contributed by atoms with Gasteiger partial charge in [0, 0.05) is 29.4 Å². The van der Waals surface area contributed by atoms with Crippen LogP contribution in [-0.2, 0) is 10.8 Å². The molecule has 0 saturated carbocycles. The minimum absolute atomic E-state index is 0.0827. The van der Waals surface area contributed by atoms with E-state index in [4.69, 9.17) is 5.11 Å². The average Bonchev–Trinajstić information content (AvgIpc) is 2.19. The summed E-state index contributed by atoms with van der Waals surface area (Å²) in [6.07, 6.45) is 2.47. The maximum absolute atomic E-state index is 12.8. The molecule has 5 nitrogen and oxygen atoms in total. The van der Waals surface area contributed by atoms with Crippen LogP contribution in [0.3, 0.4) is 0 Å². The fraction of sp³-hybridized carbons (Fsp3) is 0.333. The Kier molecular flexibility index (Phi) is 4.36. The smallest absolute Gasteiger partial charge is 0.339 e. The molecule has 0 bridgehead atoms. The van der Waals surface area contributed by atoms with Crippen molar-refractivity contribution in [3.8, 4) is 0 Å². The van der Waals surface area contributed by atoms with Crippen molar-refractivity contribution in [1.82, 2.24) is 4.98 Å². The van der Waals surface area contributed by atoms with Gasteiger partial charge in [0.15, 0.2) is 0 Å². The monoisotopic (exact) mass is 246 g/mol. The van der Waals surface area contributed by atoms with Crippen LogP contribution in [0.15, 0.2) is 12.3 Å². The first-order valence-electron chi connectivity index (χ1n) is 4.43. The number of hydrogen-bond acceptors (Lipinski definition) is 4. The summed E-state index contributed by atoms with van der Waals surface area (Å²) in [5.74, 6) is -1.51. The van der Waals surface area contributed by atoms with E-state index in [-0.39, 0.29) is 11.4 Å². The largest absolute Gasteiger partial charge is 0.478 e. The van der Waals surface area contributed by atoms with Gasteiger partial charge >= 0.3 is 5.97 Å². The van der Waals surface area contributed by atoms with Gasteiger partial charge in [0.2, 0.25) is 0 Å². The molecule has 0 aromatic carbocycles. The molecule has 1 aromatic heterocycles. The van der Waals surface area contributed by atoms with Gasteiger partial charge in [-0.15, -0.1) is 0 Å². The highest BCUT2D eigenvalue weighted by Crippen LogP contribution is 2.13. The molecule has 0 saturated heterocycles. The van der Waals surface area contributed by atoms with E-state index < -0.39 is 22.6 Å². The number of anilines is 1. The summed E-state index contributed by atoms with van der Waals surface area (Å²) in [6, 6.07) is 0.889. The predicted octanol–water partition coefficient (Wildman–Crippen LogP) is 0.709. The Balaban J connectivity index is 2.78. The van der Waals surface area contributed by atoms with Crippen LogP contribution in [0.4, 0.5) is 10.2 Å². The third-order valence-corrected chi connectivity index (χ3v) is 2.55. The standard InChI is InChI=1S/C9H11FN2O3S/c1-16(15)3-2-11-8-7(9(13)14)4-6(10)5-12-8/h4-5H,2-3H2,1H3,(H,11,12)(H,13,14). The maximum Gasteiger partial charge on any atom is 0.339 e. The third-order valence-electron chi connectivity index (χ3n) is 1.77. The van der Waals surface area contributed by atoms with Gasteiger partial charge in [0.25, 0.3) is 0 Å². The fourth-order valence-electron chi connectivity index (χ4n) is 1.06. The zero-order chi connectivity index (χ0) is 12.1. The number of nitrogens with one attached hydrogen (secondary N) is 1. The van der Waals surface area contributed by atoms with Crippen molar-refractivity contribution in [2.45, 2.75) is 0 Å². The lowest BCUT2D eigenvalue weighted by molar-refractivity contribution is 0.0697. The Labute approximate surface area is 94.2 Å². The molecule has 0 radical (unpaired) electrons. The Bertz CT molecular complexity index is 425. The van der Waals surface area contributed by atoms with E-state index >= 15 is 0 Å². The van der Waals surface area contributed by atoms with Crippen molar-refractivity contribution in [1.29, 1.82) is 0 Å². The number of carbonyl (C=O) groups is 1. The quantitative estimate of drug-likeness (QED) is 0.799. The first kappa shape index (κ1) is 12.6. The van der Waals surface area contributed by atoms with Crippen LogP contribution in [0.2, 0.25) is 0 Å². The van der Waals surface area contributed by atoms with Crippen molar-refractivity contribution in [2.24, 2.45) is 0 Å². The van der Waals surface area contributed by atoms with Gasteiger partial charge in [-0.1, -0.05) is 0 Å². The zero-order valence-corrected chi connectivity index (χ0v) is 9.38. The molecule has 0 amide bonds. The number of aromatic nitrogens is 1. The van der Waals surface area contributed by atoms with Crippen molar-refractivity contribution in [3.05, 3.63) is 23.6 Å². The second-order valence-electron chi connectivity index (χ2n) is 3.06. The Morgan fingerprint density at radius 1 is 1.69 bits per heavy atom. The van der Waals surface area contributed by atoms with E-state index in [0.29, 0.717) is 12.3 Å². The van der Waals surface area contributed by atoms with Crippen LogP contribution in [0.5, 0.6) is 0 Å². The first-order valence-corrected chi connectivity index (χ1v) is 6.16. The molecule has 2 N–H and O–H groups in total. The number of hydrogen-bond donors (Lipinski definition) is 2. The van der Waals surface area contributed by atoms with Crippen LogP contribution >= 0.6 is 0 Å². The molecule has 0 aliphatic heterocycles. The molecule has 88 valence electrons. The predicted molar refractivity (Wildman–Crippen MR) is 58.6 cm³/mol. The summed E-state index contributed by atoms with van der Waals surface area (Å²) in [5.41, 5.74) is -0.234. The number of carboxylic acid groups (broad SMARTS) is 1. The molecule has 0 aliphatic rings. The molecule has 7 heteroatoms. The molecular weight excluding hydrogens is 235 g/mol. The summed E-state index contributed by atoms with van der Waals surface area (Å²) in [7, 11) is -0.973. The van der Waals surface area contributed by atoms with Gasteiger partial charge in [-0.3, -0.25) is 4.21 Å². The Morgan fingerprint density at radius 2 is 2.38 bits per heavy atom. The van der Waals surface area contributed by atoms with Crippen LogP contribution in [0.25, 0.3) is 0 Å². The summed E-state index contributed by atoms with van der Waals surface area (Å²) in [4.78, 5) is 14.4. The molecule has 0 aliphatic carbocycles. The summed E-state index contributed by atoms with van der Waals surface area (Å²) >= 11 is 0. The minimum atomic E-state index is -1.26. The first-order chi connectivity index (χ1) is 7.50. The molecule has 1 unspecified atom stereocenters. The number of carboxylic acids is 1. The number of pyridine rings is 1. The fourth-order valence-corrected chi connectivity index (χ4v) is 1.45. The van der Waals surface area contributed by atoms with Crippen LogP contribution < -0.4 is 5.32 Å². The SMILES string of the molecule is CS(=O)CCNc1ncc(F)cc1C(=O)O. The molecule has 0 fully saturated rings. The van der Waals surface area contributed by atoms with Gasteiger partial charge in [-0.2, -0.15) is 0 Å². The number of rotatable bonds is 5. The van der Waals surface area contributed by atoms with E-state index in [1.54, 1.807) is 0 Å². The van der Waals surface area contributed by atoms with Gasteiger partial charge in [-0.05, 0) is 6.07 Å². The average molecular weight is 246 g/mol. The highest BCUT2D eigenvalue weighted by molar-refractivity contribution is 7.84. The van der Waals surface area contributed by atoms with Crippen LogP contribution in [0.1, 0.15) is 10.4 Å². The molecular formula is C9H11FN2O3S.